The molecule has 0 bridgehead atoms. The number of carbonyl (C=O) groups is 1. The SMILES string of the molecule is Cc1ccc(-c2nc3c(cc2-c2ccc(C#N)cc2)N(C2CCN(C(=O)OC(C)(C)C)CC2)N(C)C3)cc1. The van der Waals surface area contributed by atoms with Crippen LogP contribution in [0.25, 0.3) is 22.4 Å². The van der Waals surface area contributed by atoms with Gasteiger partial charge in [0.15, 0.2) is 0 Å². The lowest BCUT2D eigenvalue weighted by atomic mass is 9.96. The molecule has 7 nitrogen and oxygen atoms in total. The van der Waals surface area contributed by atoms with Gasteiger partial charge >= 0.3 is 6.09 Å². The number of likely N-dealkylation sites (tertiary alicyclic amines) is 1. The number of amides is 1. The number of pyridine rings is 1. The number of rotatable bonds is 3. The van der Waals surface area contributed by atoms with E-state index in [0.717, 1.165) is 53.2 Å². The van der Waals surface area contributed by atoms with Crippen molar-refractivity contribution in [3.63, 3.8) is 0 Å². The van der Waals surface area contributed by atoms with Gasteiger partial charge in [-0.1, -0.05) is 42.0 Å². The predicted molar refractivity (Wildman–Crippen MR) is 149 cm³/mol. The maximum absolute atomic E-state index is 12.6. The highest BCUT2D eigenvalue weighted by atomic mass is 16.6. The van der Waals surface area contributed by atoms with Gasteiger partial charge in [-0.2, -0.15) is 5.26 Å². The third-order valence-electron chi connectivity index (χ3n) is 7.18. The molecule has 3 aromatic rings. The second kappa shape index (κ2) is 10.1. The van der Waals surface area contributed by atoms with Crippen molar-refractivity contribution in [2.75, 3.05) is 25.1 Å². The van der Waals surface area contributed by atoms with Crippen LogP contribution in [0.2, 0.25) is 0 Å². The summed E-state index contributed by atoms with van der Waals surface area (Å²) in [6.07, 6.45) is 1.47. The van der Waals surface area contributed by atoms with Crippen molar-refractivity contribution in [3.05, 3.63) is 71.4 Å². The summed E-state index contributed by atoms with van der Waals surface area (Å²) in [7, 11) is 2.11. The number of aryl methyl sites for hydroxylation is 1. The van der Waals surface area contributed by atoms with Crippen LogP contribution < -0.4 is 5.01 Å². The van der Waals surface area contributed by atoms with Crippen molar-refractivity contribution < 1.29 is 9.53 Å². The number of benzene rings is 2. The van der Waals surface area contributed by atoms with Crippen molar-refractivity contribution >= 4 is 11.8 Å². The van der Waals surface area contributed by atoms with Crippen molar-refractivity contribution in [1.29, 1.82) is 5.26 Å². The van der Waals surface area contributed by atoms with Crippen LogP contribution in [0.5, 0.6) is 0 Å². The summed E-state index contributed by atoms with van der Waals surface area (Å²) in [6, 6.07) is 20.9. The van der Waals surface area contributed by atoms with E-state index in [1.54, 1.807) is 0 Å². The zero-order chi connectivity index (χ0) is 27.0. The summed E-state index contributed by atoms with van der Waals surface area (Å²) in [5.41, 5.74) is 7.61. The Labute approximate surface area is 225 Å². The fourth-order valence-corrected chi connectivity index (χ4v) is 5.30. The molecule has 0 spiro atoms. The first kappa shape index (κ1) is 25.7. The van der Waals surface area contributed by atoms with Gasteiger partial charge in [0.2, 0.25) is 0 Å². The molecule has 7 heteroatoms. The molecule has 1 fully saturated rings. The number of nitrogens with zero attached hydrogens (tertiary/aromatic N) is 5. The van der Waals surface area contributed by atoms with Crippen LogP contribution in [0.4, 0.5) is 10.5 Å². The number of hydrazine groups is 1. The zero-order valence-corrected chi connectivity index (χ0v) is 22.9. The number of hydrogen-bond acceptors (Lipinski definition) is 6. The van der Waals surface area contributed by atoms with Crippen LogP contribution in [0.1, 0.15) is 50.4 Å². The van der Waals surface area contributed by atoms with E-state index in [2.05, 4.69) is 60.4 Å². The Balaban J connectivity index is 1.47. The topological polar surface area (TPSA) is 72.7 Å². The van der Waals surface area contributed by atoms with Gasteiger partial charge in [0, 0.05) is 37.3 Å². The molecule has 1 aromatic heterocycles. The minimum absolute atomic E-state index is 0.237. The van der Waals surface area contributed by atoms with Crippen LogP contribution in [-0.2, 0) is 11.3 Å². The number of nitriles is 1. The van der Waals surface area contributed by atoms with Gasteiger partial charge in [-0.3, -0.25) is 0 Å². The molecular weight excluding hydrogens is 474 g/mol. The first-order chi connectivity index (χ1) is 18.1. The van der Waals surface area contributed by atoms with E-state index in [0.29, 0.717) is 18.7 Å². The summed E-state index contributed by atoms with van der Waals surface area (Å²) in [5.74, 6) is 0. The molecule has 0 aliphatic carbocycles. The first-order valence-corrected chi connectivity index (χ1v) is 13.2. The van der Waals surface area contributed by atoms with Gasteiger partial charge in [0.1, 0.15) is 5.60 Å². The summed E-state index contributed by atoms with van der Waals surface area (Å²) in [5, 5.41) is 13.9. The minimum Gasteiger partial charge on any atom is -0.444 e. The van der Waals surface area contributed by atoms with E-state index in [-0.39, 0.29) is 12.1 Å². The molecular formula is C31H35N5O2. The average molecular weight is 510 g/mol. The van der Waals surface area contributed by atoms with Crippen LogP contribution in [0, 0.1) is 18.3 Å². The van der Waals surface area contributed by atoms with Crippen LogP contribution in [0.15, 0.2) is 54.6 Å². The standard InChI is InChI=1S/C31H35N5O2/c1-21-6-10-24(11-7-21)29-26(23-12-8-22(19-32)9-13-23)18-28-27(33-29)20-34(5)36(28)25-14-16-35(17-15-25)30(37)38-31(2,3)4/h6-13,18,25H,14-17,20H2,1-5H3. The fraction of sp³-hybridized carbons (Fsp3) is 0.387. The highest BCUT2D eigenvalue weighted by molar-refractivity contribution is 5.84. The molecule has 3 heterocycles. The molecule has 1 amide bonds. The molecule has 1 saturated heterocycles. The van der Waals surface area contributed by atoms with E-state index in [1.165, 1.54) is 5.56 Å². The summed E-state index contributed by atoms with van der Waals surface area (Å²) >= 11 is 0. The molecule has 0 saturated carbocycles. The highest BCUT2D eigenvalue weighted by Crippen LogP contribution is 2.41. The number of piperidine rings is 1. The third kappa shape index (κ3) is 5.23. The maximum Gasteiger partial charge on any atom is 0.410 e. The number of anilines is 1. The number of fused-ring (bicyclic) bond motifs is 1. The normalized spacial score (nSPS) is 16.3. The fourth-order valence-electron chi connectivity index (χ4n) is 5.30. The van der Waals surface area contributed by atoms with Gasteiger partial charge in [0.05, 0.1) is 35.3 Å². The van der Waals surface area contributed by atoms with Crippen LogP contribution in [0.3, 0.4) is 0 Å². The van der Waals surface area contributed by atoms with E-state index < -0.39 is 5.60 Å². The van der Waals surface area contributed by atoms with Crippen LogP contribution in [-0.4, -0.2) is 52.8 Å². The second-order valence-corrected chi connectivity index (χ2v) is 11.3. The molecule has 0 atom stereocenters. The van der Waals surface area contributed by atoms with Crippen molar-refractivity contribution in [2.45, 2.75) is 58.7 Å². The van der Waals surface area contributed by atoms with E-state index in [4.69, 9.17) is 9.72 Å². The van der Waals surface area contributed by atoms with E-state index in [9.17, 15) is 10.1 Å². The smallest absolute Gasteiger partial charge is 0.410 e. The third-order valence-corrected chi connectivity index (χ3v) is 7.18. The highest BCUT2D eigenvalue weighted by Gasteiger charge is 2.36. The van der Waals surface area contributed by atoms with Crippen molar-refractivity contribution in [2.24, 2.45) is 0 Å². The molecule has 2 aliphatic heterocycles. The Morgan fingerprint density at radius 2 is 1.66 bits per heavy atom. The van der Waals surface area contributed by atoms with E-state index in [1.807, 2.05) is 49.9 Å². The number of aromatic nitrogens is 1. The number of hydrogen-bond donors (Lipinski definition) is 0. The average Bonchev–Trinajstić information content (AvgIpc) is 3.22. The number of ether oxygens (including phenoxy) is 1. The monoisotopic (exact) mass is 509 g/mol. The molecule has 5 rings (SSSR count). The Morgan fingerprint density at radius 1 is 1.03 bits per heavy atom. The second-order valence-electron chi connectivity index (χ2n) is 11.3. The minimum atomic E-state index is -0.495. The van der Waals surface area contributed by atoms with Gasteiger partial charge < -0.3 is 14.6 Å². The van der Waals surface area contributed by atoms with Crippen LogP contribution >= 0.6 is 0 Å². The lowest BCUT2D eigenvalue weighted by Gasteiger charge is -2.40. The first-order valence-electron chi connectivity index (χ1n) is 13.2. The summed E-state index contributed by atoms with van der Waals surface area (Å²) in [6.45, 7) is 9.84. The quantitative estimate of drug-likeness (QED) is 0.421. The zero-order valence-electron chi connectivity index (χ0n) is 22.9. The molecule has 2 aliphatic rings. The summed E-state index contributed by atoms with van der Waals surface area (Å²) < 4.78 is 5.59. The Bertz CT molecular complexity index is 1360. The summed E-state index contributed by atoms with van der Waals surface area (Å²) in [4.78, 5) is 19.6. The molecule has 0 unspecified atom stereocenters. The van der Waals surface area contributed by atoms with Gasteiger partial charge in [-0.15, -0.1) is 0 Å². The molecule has 38 heavy (non-hydrogen) atoms. The molecule has 0 radical (unpaired) electrons. The Morgan fingerprint density at radius 3 is 2.26 bits per heavy atom. The lowest BCUT2D eigenvalue weighted by molar-refractivity contribution is 0.0195. The Kier molecular flexibility index (Phi) is 6.85. The lowest BCUT2D eigenvalue weighted by Crippen LogP contribution is -2.51. The largest absolute Gasteiger partial charge is 0.444 e. The number of carbonyl (C=O) groups excluding carboxylic acids is 1. The van der Waals surface area contributed by atoms with Gasteiger partial charge in [0.25, 0.3) is 0 Å². The van der Waals surface area contributed by atoms with Gasteiger partial charge in [-0.05, 0) is 64.3 Å². The van der Waals surface area contributed by atoms with E-state index >= 15 is 0 Å². The van der Waals surface area contributed by atoms with Crippen molar-refractivity contribution in [3.8, 4) is 28.5 Å². The predicted octanol–water partition coefficient (Wildman–Crippen LogP) is 6.16. The van der Waals surface area contributed by atoms with Crippen molar-refractivity contribution in [1.82, 2.24) is 14.9 Å². The van der Waals surface area contributed by atoms with Gasteiger partial charge in [-0.25, -0.2) is 14.8 Å². The maximum atomic E-state index is 12.6. The Hall–Kier alpha value is -3.89. The molecule has 2 aromatic carbocycles. The molecule has 196 valence electrons. The molecule has 0 N–H and O–H groups in total.